The molecule has 144 valence electrons. The van der Waals surface area contributed by atoms with Crippen LogP contribution in [0.1, 0.15) is 31.4 Å². The Balaban J connectivity index is 1.49. The van der Waals surface area contributed by atoms with E-state index in [4.69, 9.17) is 4.74 Å². The van der Waals surface area contributed by atoms with E-state index in [1.54, 1.807) is 19.5 Å². The van der Waals surface area contributed by atoms with Crippen LogP contribution in [0.2, 0.25) is 0 Å². The number of anilines is 1. The first kappa shape index (κ1) is 19.0. The Morgan fingerprint density at radius 1 is 1.23 bits per heavy atom. The van der Waals surface area contributed by atoms with Crippen molar-refractivity contribution < 1.29 is 9.53 Å². The van der Waals surface area contributed by atoms with Crippen molar-refractivity contribution in [2.24, 2.45) is 5.92 Å². The van der Waals surface area contributed by atoms with Gasteiger partial charge in [0.25, 0.3) is 0 Å². The molecule has 3 heterocycles. The van der Waals surface area contributed by atoms with Gasteiger partial charge in [0.05, 0.1) is 18.2 Å². The Morgan fingerprint density at radius 3 is 2.73 bits per heavy atom. The number of aromatic nitrogens is 2. The molecule has 0 saturated carbocycles. The Labute approximate surface area is 156 Å². The minimum atomic E-state index is 0.112. The van der Waals surface area contributed by atoms with E-state index >= 15 is 0 Å². The summed E-state index contributed by atoms with van der Waals surface area (Å²) in [5.74, 6) is 1.31. The number of piperidine rings is 2. The average molecular weight is 361 g/mol. The molecule has 2 fully saturated rings. The Bertz CT molecular complexity index is 589. The Morgan fingerprint density at radius 2 is 2.00 bits per heavy atom. The van der Waals surface area contributed by atoms with Crippen molar-refractivity contribution in [3.8, 4) is 0 Å². The number of hydrogen-bond acceptors (Lipinski definition) is 6. The summed E-state index contributed by atoms with van der Waals surface area (Å²) in [5, 5.41) is 3.00. The number of carbonyl (C=O) groups is 1. The van der Waals surface area contributed by atoms with Crippen molar-refractivity contribution in [3.05, 3.63) is 18.1 Å². The van der Waals surface area contributed by atoms with E-state index in [2.05, 4.69) is 25.1 Å². The summed E-state index contributed by atoms with van der Waals surface area (Å²) in [6, 6.07) is 0.567. The van der Waals surface area contributed by atoms with Crippen LogP contribution in [-0.2, 0) is 9.53 Å². The molecule has 2 aliphatic heterocycles. The van der Waals surface area contributed by atoms with Crippen LogP contribution in [0.5, 0.6) is 0 Å². The molecule has 26 heavy (non-hydrogen) atoms. The predicted molar refractivity (Wildman–Crippen MR) is 101 cm³/mol. The van der Waals surface area contributed by atoms with E-state index < -0.39 is 0 Å². The first-order valence-corrected chi connectivity index (χ1v) is 9.72. The number of nitrogens with zero attached hydrogens (tertiary/aromatic N) is 4. The molecule has 1 aromatic rings. The highest BCUT2D eigenvalue weighted by Crippen LogP contribution is 2.26. The maximum absolute atomic E-state index is 12.4. The molecule has 7 heteroatoms. The number of ether oxygens (including phenoxy) is 1. The largest absolute Gasteiger partial charge is 0.383 e. The quantitative estimate of drug-likeness (QED) is 0.769. The van der Waals surface area contributed by atoms with Crippen molar-refractivity contribution in [2.75, 3.05) is 51.3 Å². The summed E-state index contributed by atoms with van der Waals surface area (Å²) in [6.45, 7) is 7.19. The molecule has 0 bridgehead atoms. The molecule has 0 aromatic carbocycles. The van der Waals surface area contributed by atoms with Crippen molar-refractivity contribution in [2.45, 2.75) is 38.6 Å². The number of likely N-dealkylation sites (tertiary alicyclic amines) is 1. The van der Waals surface area contributed by atoms with Gasteiger partial charge in [-0.2, -0.15) is 0 Å². The smallest absolute Gasteiger partial charge is 0.224 e. The number of hydrogen-bond donors (Lipinski definition) is 1. The van der Waals surface area contributed by atoms with E-state index in [-0.39, 0.29) is 11.8 Å². The van der Waals surface area contributed by atoms with E-state index in [0.717, 1.165) is 63.4 Å². The van der Waals surface area contributed by atoms with E-state index in [1.807, 2.05) is 6.92 Å². The number of methoxy groups -OCH3 is 1. The molecule has 2 saturated heterocycles. The fourth-order valence-corrected chi connectivity index (χ4v) is 4.13. The third-order valence-electron chi connectivity index (χ3n) is 5.56. The van der Waals surface area contributed by atoms with Gasteiger partial charge in [-0.1, -0.05) is 0 Å². The van der Waals surface area contributed by atoms with E-state index in [1.165, 1.54) is 0 Å². The fraction of sp³-hybridized carbons (Fsp3) is 0.737. The summed E-state index contributed by atoms with van der Waals surface area (Å²) in [6.07, 6.45) is 7.85. The van der Waals surface area contributed by atoms with Gasteiger partial charge >= 0.3 is 0 Å². The lowest BCUT2D eigenvalue weighted by atomic mass is 9.93. The third kappa shape index (κ3) is 4.71. The molecule has 2 aliphatic rings. The standard InChI is InChI=1S/C19H31N5O2/c1-15-18(21-8-7-20-15)23-11-5-17(6-12-23)24-10-3-4-16(14-24)19(25)22-9-13-26-2/h7-8,16-17H,3-6,9-14H2,1-2H3,(H,22,25)/t16-/m1/s1. The van der Waals surface area contributed by atoms with Crippen LogP contribution in [-0.4, -0.2) is 73.3 Å². The van der Waals surface area contributed by atoms with Gasteiger partial charge in [0, 0.05) is 51.7 Å². The summed E-state index contributed by atoms with van der Waals surface area (Å²) in [4.78, 5) is 26.1. The summed E-state index contributed by atoms with van der Waals surface area (Å²) < 4.78 is 5.01. The molecule has 1 aromatic heterocycles. The van der Waals surface area contributed by atoms with Gasteiger partial charge in [0.2, 0.25) is 5.91 Å². The first-order valence-electron chi connectivity index (χ1n) is 9.72. The second kappa shape index (κ2) is 9.28. The minimum absolute atomic E-state index is 0.112. The first-order chi connectivity index (χ1) is 12.7. The van der Waals surface area contributed by atoms with E-state index in [9.17, 15) is 4.79 Å². The normalized spacial score (nSPS) is 22.4. The average Bonchev–Trinajstić information content (AvgIpc) is 2.69. The lowest BCUT2D eigenvalue weighted by Crippen LogP contribution is -2.51. The van der Waals surface area contributed by atoms with Crippen molar-refractivity contribution in [1.82, 2.24) is 20.2 Å². The molecule has 7 nitrogen and oxygen atoms in total. The molecule has 0 spiro atoms. The zero-order chi connectivity index (χ0) is 18.4. The predicted octanol–water partition coefficient (Wildman–Crippen LogP) is 1.23. The summed E-state index contributed by atoms with van der Waals surface area (Å²) in [5.41, 5.74) is 0.997. The second-order valence-electron chi connectivity index (χ2n) is 7.30. The van der Waals surface area contributed by atoms with Gasteiger partial charge in [-0.05, 0) is 39.2 Å². The number of aryl methyl sites for hydroxylation is 1. The fourth-order valence-electron chi connectivity index (χ4n) is 4.13. The van der Waals surface area contributed by atoms with Crippen LogP contribution < -0.4 is 10.2 Å². The minimum Gasteiger partial charge on any atom is -0.383 e. The molecule has 1 atom stereocenters. The number of amides is 1. The second-order valence-corrected chi connectivity index (χ2v) is 7.30. The van der Waals surface area contributed by atoms with Gasteiger partial charge in [-0.25, -0.2) is 4.98 Å². The van der Waals surface area contributed by atoms with Crippen molar-refractivity contribution >= 4 is 11.7 Å². The molecule has 1 amide bonds. The topological polar surface area (TPSA) is 70.6 Å². The third-order valence-corrected chi connectivity index (χ3v) is 5.56. The Kier molecular flexibility index (Phi) is 6.80. The van der Waals surface area contributed by atoms with Crippen LogP contribution in [0.3, 0.4) is 0 Å². The summed E-state index contributed by atoms with van der Waals surface area (Å²) >= 11 is 0. The lowest BCUT2D eigenvalue weighted by Gasteiger charge is -2.42. The molecule has 3 rings (SSSR count). The van der Waals surface area contributed by atoms with Crippen molar-refractivity contribution in [1.29, 1.82) is 0 Å². The number of nitrogens with one attached hydrogen (secondary N) is 1. The van der Waals surface area contributed by atoms with Crippen LogP contribution in [0.25, 0.3) is 0 Å². The van der Waals surface area contributed by atoms with Gasteiger partial charge in [0.1, 0.15) is 5.82 Å². The van der Waals surface area contributed by atoms with Crippen LogP contribution >= 0.6 is 0 Å². The zero-order valence-electron chi connectivity index (χ0n) is 16.0. The molecule has 0 aliphatic carbocycles. The number of carbonyl (C=O) groups excluding carboxylic acids is 1. The van der Waals surface area contributed by atoms with E-state index in [0.29, 0.717) is 19.2 Å². The van der Waals surface area contributed by atoms with Gasteiger partial charge < -0.3 is 15.0 Å². The van der Waals surface area contributed by atoms with Gasteiger partial charge in [-0.15, -0.1) is 0 Å². The van der Waals surface area contributed by atoms with Gasteiger partial charge in [-0.3, -0.25) is 14.7 Å². The van der Waals surface area contributed by atoms with Crippen LogP contribution in [0.15, 0.2) is 12.4 Å². The summed E-state index contributed by atoms with van der Waals surface area (Å²) in [7, 11) is 1.66. The van der Waals surface area contributed by atoms with Gasteiger partial charge in [0.15, 0.2) is 0 Å². The lowest BCUT2D eigenvalue weighted by molar-refractivity contribution is -0.127. The molecule has 1 N–H and O–H groups in total. The SMILES string of the molecule is COCCNC(=O)[C@@H]1CCCN(C2CCN(c3nccnc3C)CC2)C1. The molecular formula is C19H31N5O2. The highest BCUT2D eigenvalue weighted by Gasteiger charge is 2.32. The molecule has 0 unspecified atom stereocenters. The number of rotatable bonds is 6. The molecular weight excluding hydrogens is 330 g/mol. The monoisotopic (exact) mass is 361 g/mol. The van der Waals surface area contributed by atoms with Crippen LogP contribution in [0, 0.1) is 12.8 Å². The highest BCUT2D eigenvalue weighted by molar-refractivity contribution is 5.78. The van der Waals surface area contributed by atoms with Crippen LogP contribution in [0.4, 0.5) is 5.82 Å². The molecule has 0 radical (unpaired) electrons. The highest BCUT2D eigenvalue weighted by atomic mass is 16.5. The maximum atomic E-state index is 12.4. The van der Waals surface area contributed by atoms with Crippen molar-refractivity contribution in [3.63, 3.8) is 0 Å². The maximum Gasteiger partial charge on any atom is 0.224 e. The zero-order valence-corrected chi connectivity index (χ0v) is 16.0. The Hall–Kier alpha value is -1.73.